The number of H-pyrrole nitrogens is 1. The maximum absolute atomic E-state index is 5.89. The molecule has 0 aliphatic heterocycles. The molecule has 0 aliphatic rings. The third-order valence-corrected chi connectivity index (χ3v) is 5.01. The number of hydrogen-bond acceptors (Lipinski definition) is 1. The van der Waals surface area contributed by atoms with Crippen molar-refractivity contribution in [2.24, 2.45) is 0 Å². The summed E-state index contributed by atoms with van der Waals surface area (Å²) in [5.41, 5.74) is 3.65. The summed E-state index contributed by atoms with van der Waals surface area (Å²) in [7, 11) is 0. The molecule has 0 amide bonds. The number of nitrogens with one attached hydrogen (secondary N) is 1. The van der Waals surface area contributed by atoms with Crippen LogP contribution in [-0.2, 0) is 0 Å². The first-order valence-electron chi connectivity index (χ1n) is 10.2. The fourth-order valence-corrected chi connectivity index (χ4v) is 3.40. The first kappa shape index (κ1) is 18.6. The van der Waals surface area contributed by atoms with Gasteiger partial charge in [0.25, 0.3) is 0 Å². The lowest BCUT2D eigenvalue weighted by atomic mass is 10.0. The van der Waals surface area contributed by atoms with E-state index in [0.717, 1.165) is 18.8 Å². The molecule has 138 valence electrons. The van der Waals surface area contributed by atoms with Crippen molar-refractivity contribution < 1.29 is 4.74 Å². The standard InChI is InChI=1S/C24H31NO/c1-2-3-4-5-6-7-8-9-18-26-23-13-10-20(11-14-23)21-12-15-24-22(19-21)16-17-25-24/h10-17,19,25H,2-9,18H2,1H3. The number of aromatic nitrogens is 1. The Balaban J connectivity index is 1.39. The smallest absolute Gasteiger partial charge is 0.119 e. The van der Waals surface area contributed by atoms with Crippen LogP contribution in [0.15, 0.2) is 54.7 Å². The zero-order valence-corrected chi connectivity index (χ0v) is 16.0. The zero-order valence-electron chi connectivity index (χ0n) is 16.0. The summed E-state index contributed by atoms with van der Waals surface area (Å²) >= 11 is 0. The molecule has 0 radical (unpaired) electrons. The molecule has 0 aliphatic carbocycles. The van der Waals surface area contributed by atoms with Crippen LogP contribution in [0.25, 0.3) is 22.0 Å². The van der Waals surface area contributed by atoms with Crippen molar-refractivity contribution in [3.63, 3.8) is 0 Å². The summed E-state index contributed by atoms with van der Waals surface area (Å²) in [4.78, 5) is 3.24. The van der Waals surface area contributed by atoms with Gasteiger partial charge >= 0.3 is 0 Å². The lowest BCUT2D eigenvalue weighted by molar-refractivity contribution is 0.304. The number of aromatic amines is 1. The summed E-state index contributed by atoms with van der Waals surface area (Å²) < 4.78 is 5.89. The Morgan fingerprint density at radius 3 is 2.19 bits per heavy atom. The summed E-state index contributed by atoms with van der Waals surface area (Å²) in [5.74, 6) is 0.972. The summed E-state index contributed by atoms with van der Waals surface area (Å²) in [6, 6.07) is 17.1. The van der Waals surface area contributed by atoms with Crippen LogP contribution in [-0.4, -0.2) is 11.6 Å². The Bertz CT molecular complexity index is 772. The van der Waals surface area contributed by atoms with Gasteiger partial charge in [-0.05, 0) is 53.3 Å². The highest BCUT2D eigenvalue weighted by Gasteiger charge is 2.01. The Labute approximate surface area is 157 Å². The Morgan fingerprint density at radius 1 is 0.731 bits per heavy atom. The van der Waals surface area contributed by atoms with Crippen molar-refractivity contribution in [1.29, 1.82) is 0 Å². The second-order valence-electron chi connectivity index (χ2n) is 7.13. The van der Waals surface area contributed by atoms with Crippen molar-refractivity contribution in [1.82, 2.24) is 4.98 Å². The van der Waals surface area contributed by atoms with Gasteiger partial charge < -0.3 is 9.72 Å². The topological polar surface area (TPSA) is 25.0 Å². The number of hydrogen-bond donors (Lipinski definition) is 1. The fraction of sp³-hybridized carbons (Fsp3) is 0.417. The molecular formula is C24H31NO. The molecule has 0 saturated heterocycles. The predicted octanol–water partition coefficient (Wildman–Crippen LogP) is 7.35. The van der Waals surface area contributed by atoms with Crippen LogP contribution in [0.5, 0.6) is 5.75 Å². The Hall–Kier alpha value is -2.22. The van der Waals surface area contributed by atoms with Crippen LogP contribution in [0.3, 0.4) is 0 Å². The lowest BCUT2D eigenvalue weighted by Gasteiger charge is -2.08. The predicted molar refractivity (Wildman–Crippen MR) is 112 cm³/mol. The van der Waals surface area contributed by atoms with Crippen molar-refractivity contribution >= 4 is 10.9 Å². The van der Waals surface area contributed by atoms with E-state index in [1.54, 1.807) is 0 Å². The van der Waals surface area contributed by atoms with E-state index in [0.29, 0.717) is 0 Å². The monoisotopic (exact) mass is 349 g/mol. The van der Waals surface area contributed by atoms with Crippen molar-refractivity contribution in [2.45, 2.75) is 58.3 Å². The number of rotatable bonds is 11. The molecule has 2 aromatic carbocycles. The minimum atomic E-state index is 0.823. The van der Waals surface area contributed by atoms with E-state index in [-0.39, 0.29) is 0 Å². The number of benzene rings is 2. The second-order valence-corrected chi connectivity index (χ2v) is 7.13. The van der Waals surface area contributed by atoms with E-state index in [4.69, 9.17) is 4.74 Å². The number of fused-ring (bicyclic) bond motifs is 1. The SMILES string of the molecule is CCCCCCCCCCOc1ccc(-c2ccc3[nH]ccc3c2)cc1. The van der Waals surface area contributed by atoms with Crippen molar-refractivity contribution in [2.75, 3.05) is 6.61 Å². The highest BCUT2D eigenvalue weighted by atomic mass is 16.5. The Kier molecular flexibility index (Phi) is 7.18. The molecule has 2 heteroatoms. The molecule has 0 spiro atoms. The highest BCUT2D eigenvalue weighted by molar-refractivity contribution is 5.85. The van der Waals surface area contributed by atoms with Crippen LogP contribution in [0.1, 0.15) is 58.3 Å². The van der Waals surface area contributed by atoms with Gasteiger partial charge in [0.1, 0.15) is 5.75 Å². The third kappa shape index (κ3) is 5.39. The van der Waals surface area contributed by atoms with Gasteiger partial charge in [-0.1, -0.05) is 70.1 Å². The zero-order chi connectivity index (χ0) is 18.0. The fourth-order valence-electron chi connectivity index (χ4n) is 3.40. The maximum atomic E-state index is 5.89. The quantitative estimate of drug-likeness (QED) is 0.359. The lowest BCUT2D eigenvalue weighted by Crippen LogP contribution is -1.97. The van der Waals surface area contributed by atoms with Gasteiger partial charge in [0.05, 0.1) is 6.61 Å². The van der Waals surface area contributed by atoms with E-state index in [9.17, 15) is 0 Å². The second kappa shape index (κ2) is 10.1. The van der Waals surface area contributed by atoms with Crippen LogP contribution in [0.2, 0.25) is 0 Å². The average molecular weight is 350 g/mol. The van der Waals surface area contributed by atoms with E-state index >= 15 is 0 Å². The van der Waals surface area contributed by atoms with E-state index in [1.165, 1.54) is 67.0 Å². The molecule has 1 N–H and O–H groups in total. The van der Waals surface area contributed by atoms with Crippen molar-refractivity contribution in [3.05, 3.63) is 54.7 Å². The molecule has 0 saturated carbocycles. The van der Waals surface area contributed by atoms with Gasteiger partial charge in [-0.15, -0.1) is 0 Å². The minimum Gasteiger partial charge on any atom is -0.494 e. The molecule has 0 atom stereocenters. The average Bonchev–Trinajstić information content (AvgIpc) is 3.15. The number of ether oxygens (including phenoxy) is 1. The van der Waals surface area contributed by atoms with Crippen molar-refractivity contribution in [3.8, 4) is 16.9 Å². The van der Waals surface area contributed by atoms with Crippen LogP contribution < -0.4 is 4.74 Å². The largest absolute Gasteiger partial charge is 0.494 e. The molecule has 0 bridgehead atoms. The van der Waals surface area contributed by atoms with Crippen LogP contribution >= 0.6 is 0 Å². The molecule has 3 aromatic rings. The van der Waals surface area contributed by atoms with E-state index < -0.39 is 0 Å². The molecule has 0 unspecified atom stereocenters. The van der Waals surface area contributed by atoms with Gasteiger partial charge in [-0.3, -0.25) is 0 Å². The number of unbranched alkanes of at least 4 members (excludes halogenated alkanes) is 7. The van der Waals surface area contributed by atoms with Gasteiger partial charge in [0.15, 0.2) is 0 Å². The van der Waals surface area contributed by atoms with E-state index in [1.807, 2.05) is 6.20 Å². The normalized spacial score (nSPS) is 11.1. The summed E-state index contributed by atoms with van der Waals surface area (Å²) in [5, 5.41) is 1.25. The first-order valence-corrected chi connectivity index (χ1v) is 10.2. The minimum absolute atomic E-state index is 0.823. The molecule has 1 aromatic heterocycles. The molecule has 3 rings (SSSR count). The van der Waals surface area contributed by atoms with Crippen LogP contribution in [0.4, 0.5) is 0 Å². The molecule has 2 nitrogen and oxygen atoms in total. The summed E-state index contributed by atoms with van der Waals surface area (Å²) in [6.07, 6.45) is 12.6. The van der Waals surface area contributed by atoms with Gasteiger partial charge in [0.2, 0.25) is 0 Å². The van der Waals surface area contributed by atoms with Gasteiger partial charge in [-0.25, -0.2) is 0 Å². The van der Waals surface area contributed by atoms with Crippen LogP contribution in [0, 0.1) is 0 Å². The molecule has 1 heterocycles. The van der Waals surface area contributed by atoms with Gasteiger partial charge in [0, 0.05) is 11.7 Å². The molecular weight excluding hydrogens is 318 g/mol. The van der Waals surface area contributed by atoms with Gasteiger partial charge in [-0.2, -0.15) is 0 Å². The summed E-state index contributed by atoms with van der Waals surface area (Å²) in [6.45, 7) is 3.09. The third-order valence-electron chi connectivity index (χ3n) is 5.01. The first-order chi connectivity index (χ1) is 12.9. The molecule has 0 fully saturated rings. The highest BCUT2D eigenvalue weighted by Crippen LogP contribution is 2.26. The van der Waals surface area contributed by atoms with E-state index in [2.05, 4.69) is 60.4 Å². The Morgan fingerprint density at radius 2 is 1.42 bits per heavy atom. The molecule has 26 heavy (non-hydrogen) atoms. The maximum Gasteiger partial charge on any atom is 0.119 e.